The number of pyridine rings is 1. The zero-order chi connectivity index (χ0) is 33.7. The lowest BCUT2D eigenvalue weighted by Gasteiger charge is -2.14. The molecule has 8 aromatic carbocycles. The summed E-state index contributed by atoms with van der Waals surface area (Å²) in [6.07, 6.45) is 3.74. The zero-order valence-corrected chi connectivity index (χ0v) is 28.6. The molecule has 10 aromatic rings. The Hall–Kier alpha value is -6.35. The maximum absolute atomic E-state index is 4.30. The quantitative estimate of drug-likeness (QED) is 0.167. The van der Waals surface area contributed by atoms with E-state index >= 15 is 0 Å². The highest BCUT2D eigenvalue weighted by molar-refractivity contribution is 7.26. The van der Waals surface area contributed by atoms with Crippen LogP contribution in [0, 0.1) is 0 Å². The Kier molecular flexibility index (Phi) is 7.07. The molecule has 0 amide bonds. The van der Waals surface area contributed by atoms with Crippen molar-refractivity contribution in [2.24, 2.45) is 0 Å². The van der Waals surface area contributed by atoms with Crippen LogP contribution >= 0.6 is 11.3 Å². The Morgan fingerprint density at radius 2 is 0.882 bits per heavy atom. The SMILES string of the molecule is c1cc(-c2cc(-c3ccncc3)cc(-c3ccc(-c4cccc5c4sc4ccccc45)cc3)c2)cc(-c2cc3ccccc3c3ccccc23)c1. The summed E-state index contributed by atoms with van der Waals surface area (Å²) in [4.78, 5) is 4.30. The van der Waals surface area contributed by atoms with E-state index in [0.29, 0.717) is 0 Å². The van der Waals surface area contributed by atoms with Gasteiger partial charge in [-0.2, -0.15) is 0 Å². The van der Waals surface area contributed by atoms with Crippen LogP contribution in [0.2, 0.25) is 0 Å². The van der Waals surface area contributed by atoms with E-state index in [9.17, 15) is 0 Å². The zero-order valence-electron chi connectivity index (χ0n) is 27.8. The maximum Gasteiger partial charge on any atom is 0.0433 e. The largest absolute Gasteiger partial charge is 0.265 e. The Morgan fingerprint density at radius 3 is 1.69 bits per heavy atom. The van der Waals surface area contributed by atoms with E-state index < -0.39 is 0 Å². The minimum Gasteiger partial charge on any atom is -0.265 e. The molecule has 2 heterocycles. The van der Waals surface area contributed by atoms with E-state index in [-0.39, 0.29) is 0 Å². The summed E-state index contributed by atoms with van der Waals surface area (Å²) < 4.78 is 2.67. The molecule has 0 aliphatic rings. The fourth-order valence-corrected chi connectivity index (χ4v) is 8.89. The molecule has 0 aliphatic heterocycles. The number of fused-ring (bicyclic) bond motifs is 6. The van der Waals surface area contributed by atoms with Gasteiger partial charge in [0.15, 0.2) is 0 Å². The molecule has 0 N–H and O–H groups in total. The van der Waals surface area contributed by atoms with Gasteiger partial charge in [0.25, 0.3) is 0 Å². The molecule has 0 radical (unpaired) electrons. The second-order valence-corrected chi connectivity index (χ2v) is 14.2. The molecule has 2 aromatic heterocycles. The minimum absolute atomic E-state index is 1.15. The summed E-state index contributed by atoms with van der Waals surface area (Å²) in [6, 6.07) is 64.4. The fourth-order valence-electron chi connectivity index (χ4n) is 7.65. The van der Waals surface area contributed by atoms with Crippen LogP contribution in [0.5, 0.6) is 0 Å². The summed E-state index contributed by atoms with van der Waals surface area (Å²) in [5, 5.41) is 7.75. The van der Waals surface area contributed by atoms with Gasteiger partial charge < -0.3 is 0 Å². The molecule has 0 aliphatic carbocycles. The Bertz CT molecular complexity index is 2900. The summed E-state index contributed by atoms with van der Waals surface area (Å²) in [5.41, 5.74) is 12.1. The molecule has 0 bridgehead atoms. The molecule has 2 heteroatoms. The van der Waals surface area contributed by atoms with Crippen molar-refractivity contribution in [1.29, 1.82) is 0 Å². The molecule has 51 heavy (non-hydrogen) atoms. The smallest absolute Gasteiger partial charge is 0.0433 e. The van der Waals surface area contributed by atoms with Crippen molar-refractivity contribution < 1.29 is 0 Å². The van der Waals surface area contributed by atoms with Crippen molar-refractivity contribution in [1.82, 2.24) is 4.98 Å². The highest BCUT2D eigenvalue weighted by atomic mass is 32.1. The van der Waals surface area contributed by atoms with Gasteiger partial charge in [-0.1, -0.05) is 127 Å². The van der Waals surface area contributed by atoms with Gasteiger partial charge in [0, 0.05) is 32.6 Å². The van der Waals surface area contributed by atoms with Crippen LogP contribution in [0.25, 0.3) is 97.4 Å². The molecule has 10 rings (SSSR count). The van der Waals surface area contributed by atoms with Gasteiger partial charge in [-0.3, -0.25) is 4.98 Å². The lowest BCUT2D eigenvalue weighted by Crippen LogP contribution is -1.88. The van der Waals surface area contributed by atoms with Crippen LogP contribution in [0.3, 0.4) is 0 Å². The first-order valence-corrected chi connectivity index (χ1v) is 18.2. The molecule has 0 atom stereocenters. The van der Waals surface area contributed by atoms with Gasteiger partial charge in [0.2, 0.25) is 0 Å². The highest BCUT2D eigenvalue weighted by Gasteiger charge is 2.13. The molecule has 0 saturated heterocycles. The van der Waals surface area contributed by atoms with E-state index in [4.69, 9.17) is 0 Å². The van der Waals surface area contributed by atoms with Crippen molar-refractivity contribution in [3.05, 3.63) is 188 Å². The fraction of sp³-hybridized carbons (Fsp3) is 0. The number of rotatable bonds is 5. The number of hydrogen-bond donors (Lipinski definition) is 0. The van der Waals surface area contributed by atoms with E-state index in [1.807, 2.05) is 23.7 Å². The maximum atomic E-state index is 4.30. The molecule has 1 nitrogen and oxygen atoms in total. The average molecular weight is 666 g/mol. The first kappa shape index (κ1) is 29.6. The number of benzene rings is 8. The first-order chi connectivity index (χ1) is 25.3. The second-order valence-electron chi connectivity index (χ2n) is 13.2. The van der Waals surface area contributed by atoms with E-state index in [1.165, 1.54) is 91.8 Å². The van der Waals surface area contributed by atoms with E-state index in [0.717, 1.165) is 5.56 Å². The van der Waals surface area contributed by atoms with Crippen LogP contribution < -0.4 is 0 Å². The van der Waals surface area contributed by atoms with Gasteiger partial charge in [0.05, 0.1) is 0 Å². The van der Waals surface area contributed by atoms with Crippen LogP contribution in [0.15, 0.2) is 188 Å². The van der Waals surface area contributed by atoms with Gasteiger partial charge in [0.1, 0.15) is 0 Å². The van der Waals surface area contributed by atoms with Crippen LogP contribution in [0.1, 0.15) is 0 Å². The molecule has 0 unspecified atom stereocenters. The van der Waals surface area contributed by atoms with Gasteiger partial charge in [-0.15, -0.1) is 11.3 Å². The monoisotopic (exact) mass is 665 g/mol. The number of thiophene rings is 1. The molecular formula is C49H31NS. The van der Waals surface area contributed by atoms with Crippen LogP contribution in [0.4, 0.5) is 0 Å². The standard InChI is InChI=1S/C49H31NS/c1-2-12-41-37(9-1)31-47(44-14-4-3-13-43(41)44)36-11-7-10-35(27-36)40-29-38(28-39(30-40)33-23-25-50-26-24-33)32-19-21-34(22-20-32)42-16-8-17-46-45-15-5-6-18-48(45)51-49(42)46/h1-31H. The van der Waals surface area contributed by atoms with Gasteiger partial charge in [-0.25, -0.2) is 0 Å². The lowest BCUT2D eigenvalue weighted by molar-refractivity contribution is 1.33. The second kappa shape index (κ2) is 12.2. The predicted octanol–water partition coefficient (Wildman–Crippen LogP) is 14.1. The predicted molar refractivity (Wildman–Crippen MR) is 219 cm³/mol. The lowest BCUT2D eigenvalue weighted by atomic mass is 9.90. The average Bonchev–Trinajstić information content (AvgIpc) is 3.60. The molecule has 0 spiro atoms. The molecule has 238 valence electrons. The van der Waals surface area contributed by atoms with E-state index in [2.05, 4.69) is 181 Å². The van der Waals surface area contributed by atoms with Crippen molar-refractivity contribution in [3.8, 4) is 55.6 Å². The Labute approximate surface area is 300 Å². The molecule has 0 saturated carbocycles. The summed E-state index contributed by atoms with van der Waals surface area (Å²) in [6.45, 7) is 0. The van der Waals surface area contributed by atoms with Gasteiger partial charge >= 0.3 is 0 Å². The molecule has 0 fully saturated rings. The third-order valence-electron chi connectivity index (χ3n) is 10.2. The van der Waals surface area contributed by atoms with Crippen molar-refractivity contribution in [2.45, 2.75) is 0 Å². The van der Waals surface area contributed by atoms with Crippen molar-refractivity contribution in [2.75, 3.05) is 0 Å². The van der Waals surface area contributed by atoms with Crippen LogP contribution in [-0.4, -0.2) is 4.98 Å². The summed E-state index contributed by atoms with van der Waals surface area (Å²) in [5.74, 6) is 0. The van der Waals surface area contributed by atoms with Crippen LogP contribution in [-0.2, 0) is 0 Å². The number of aromatic nitrogens is 1. The first-order valence-electron chi connectivity index (χ1n) is 17.3. The van der Waals surface area contributed by atoms with Crippen molar-refractivity contribution in [3.63, 3.8) is 0 Å². The summed E-state index contributed by atoms with van der Waals surface area (Å²) in [7, 11) is 0. The Morgan fingerprint density at radius 1 is 0.314 bits per heavy atom. The third kappa shape index (κ3) is 5.20. The molecular weight excluding hydrogens is 635 g/mol. The third-order valence-corrected chi connectivity index (χ3v) is 11.4. The van der Waals surface area contributed by atoms with Gasteiger partial charge in [-0.05, 0) is 126 Å². The van der Waals surface area contributed by atoms with E-state index in [1.54, 1.807) is 0 Å². The Balaban J connectivity index is 1.09. The topological polar surface area (TPSA) is 12.9 Å². The number of nitrogens with zero attached hydrogens (tertiary/aromatic N) is 1. The minimum atomic E-state index is 1.15. The summed E-state index contributed by atoms with van der Waals surface area (Å²) >= 11 is 1.88. The normalized spacial score (nSPS) is 11.5. The highest BCUT2D eigenvalue weighted by Crippen LogP contribution is 2.41. The van der Waals surface area contributed by atoms with Crippen molar-refractivity contribution >= 4 is 53.1 Å². The number of hydrogen-bond acceptors (Lipinski definition) is 2.